The van der Waals surface area contributed by atoms with Crippen molar-refractivity contribution in [2.45, 2.75) is 123 Å². The number of fused-ring (bicyclic) bond motifs is 1. The summed E-state index contributed by atoms with van der Waals surface area (Å²) in [5.41, 5.74) is 13.8. The third kappa shape index (κ3) is 15.4. The van der Waals surface area contributed by atoms with E-state index >= 15 is 0 Å². The Morgan fingerprint density at radius 2 is 1.42 bits per heavy atom. The van der Waals surface area contributed by atoms with Gasteiger partial charge in [0.05, 0.1) is 43.2 Å². The Kier molecular flexibility index (Phi) is 18.7. The Labute approximate surface area is 350 Å². The maximum Gasteiger partial charge on any atom is 0.243 e. The molecule has 2 aromatic heterocycles. The van der Waals surface area contributed by atoms with Gasteiger partial charge in [-0.15, -0.1) is 0 Å². The molecule has 7 atom stereocenters. The lowest BCUT2D eigenvalue weighted by Gasteiger charge is -2.28. The molecule has 3 aromatic rings. The minimum absolute atomic E-state index is 0.0240. The van der Waals surface area contributed by atoms with Crippen molar-refractivity contribution in [3.05, 3.63) is 54.2 Å². The van der Waals surface area contributed by atoms with Crippen molar-refractivity contribution in [2.75, 3.05) is 6.54 Å². The summed E-state index contributed by atoms with van der Waals surface area (Å²) in [6.07, 6.45) is 3.70. The number of H-pyrrole nitrogens is 2. The number of imidazole rings is 1. The van der Waals surface area contributed by atoms with Crippen molar-refractivity contribution in [3.8, 4) is 0 Å². The van der Waals surface area contributed by atoms with E-state index in [1.54, 1.807) is 26.2 Å². The van der Waals surface area contributed by atoms with Crippen molar-refractivity contribution in [3.63, 3.8) is 0 Å². The SMILES string of the molecule is CC(C)C[C@H](NC(=O)C[C@H](O)[C@H](CC(C)C)NC(=O)[C@H](Cc1c[nH]cn1)NC(=O)CNC(=O)[C@@H](NC(=O)[C@H](C)NC(=O)[C@@H](N)Cc1c[nH]c2ccccc12)C(C)C)C(N)=O. The molecule has 0 aliphatic rings. The summed E-state index contributed by atoms with van der Waals surface area (Å²) in [7, 11) is 0. The van der Waals surface area contributed by atoms with Crippen LogP contribution in [-0.2, 0) is 46.4 Å². The van der Waals surface area contributed by atoms with Gasteiger partial charge in [-0.3, -0.25) is 33.6 Å². The number of hydrogen-bond donors (Lipinski definition) is 11. The number of amides is 7. The van der Waals surface area contributed by atoms with Crippen LogP contribution < -0.4 is 43.4 Å². The minimum Gasteiger partial charge on any atom is -0.390 e. The second-order valence-corrected chi connectivity index (χ2v) is 16.4. The van der Waals surface area contributed by atoms with E-state index in [0.29, 0.717) is 12.1 Å². The molecule has 13 N–H and O–H groups in total. The number of carbonyl (C=O) groups is 7. The number of aliphatic hydroxyl groups is 1. The first-order valence-corrected chi connectivity index (χ1v) is 20.3. The highest BCUT2D eigenvalue weighted by molar-refractivity contribution is 5.95. The van der Waals surface area contributed by atoms with E-state index in [0.717, 1.165) is 16.5 Å². The van der Waals surface area contributed by atoms with E-state index in [1.807, 2.05) is 52.0 Å². The van der Waals surface area contributed by atoms with Crippen molar-refractivity contribution in [1.82, 2.24) is 46.9 Å². The molecule has 330 valence electrons. The topological polar surface area (TPSA) is 308 Å². The van der Waals surface area contributed by atoms with Crippen molar-refractivity contribution in [2.24, 2.45) is 29.2 Å². The van der Waals surface area contributed by atoms with E-state index in [1.165, 1.54) is 13.3 Å². The van der Waals surface area contributed by atoms with Gasteiger partial charge in [0.2, 0.25) is 41.4 Å². The molecule has 19 nitrogen and oxygen atoms in total. The summed E-state index contributed by atoms with van der Waals surface area (Å²) in [4.78, 5) is 101. The number of nitrogens with one attached hydrogen (secondary N) is 8. The van der Waals surface area contributed by atoms with E-state index in [2.05, 4.69) is 46.9 Å². The van der Waals surface area contributed by atoms with Gasteiger partial charge in [-0.2, -0.15) is 0 Å². The Morgan fingerprint density at radius 1 is 0.750 bits per heavy atom. The fourth-order valence-electron chi connectivity index (χ4n) is 6.58. The summed E-state index contributed by atoms with van der Waals surface area (Å²) in [6, 6.07) is 1.45. The third-order valence-corrected chi connectivity index (χ3v) is 9.79. The molecule has 0 saturated carbocycles. The van der Waals surface area contributed by atoms with Gasteiger partial charge in [0, 0.05) is 29.7 Å². The van der Waals surface area contributed by atoms with Crippen LogP contribution in [0.2, 0.25) is 0 Å². The molecule has 0 radical (unpaired) electrons. The Hall–Kier alpha value is -5.82. The number of rotatable bonds is 24. The van der Waals surface area contributed by atoms with E-state index < -0.39 is 103 Å². The zero-order valence-electron chi connectivity index (χ0n) is 35.5. The number of hydrogen-bond acceptors (Lipinski definition) is 10. The van der Waals surface area contributed by atoms with E-state index in [-0.39, 0.29) is 31.1 Å². The number of nitrogens with two attached hydrogens (primary N) is 2. The molecule has 0 saturated heterocycles. The third-order valence-electron chi connectivity index (χ3n) is 9.79. The molecule has 3 rings (SSSR count). The molecule has 7 amide bonds. The number of aliphatic hydroxyl groups excluding tert-OH is 1. The van der Waals surface area contributed by atoms with Gasteiger partial charge in [-0.25, -0.2) is 4.98 Å². The second-order valence-electron chi connectivity index (χ2n) is 16.4. The summed E-state index contributed by atoms with van der Waals surface area (Å²) in [5, 5.41) is 27.7. The monoisotopic (exact) mass is 837 g/mol. The van der Waals surface area contributed by atoms with Crippen LogP contribution in [0, 0.1) is 17.8 Å². The molecule has 0 aliphatic carbocycles. The zero-order chi connectivity index (χ0) is 44.7. The predicted molar refractivity (Wildman–Crippen MR) is 224 cm³/mol. The molecule has 1 aromatic carbocycles. The Morgan fingerprint density at radius 3 is 2.03 bits per heavy atom. The van der Waals surface area contributed by atoms with Crippen LogP contribution in [0.25, 0.3) is 10.9 Å². The standard InChI is InChI=1S/C41H63N11O8/c1-21(2)12-30(33(53)16-34(54)49-31(37(43)56)13-22(3)4)51-40(59)32(15-26-18-44-20-47-26)50-35(55)19-46-41(60)36(23(5)6)52-38(57)24(7)48-39(58)28(42)14-25-17-45-29-11-9-8-10-27(25)29/h8-11,17-18,20-24,28,30-33,36,45,53H,12-16,19,42H2,1-7H3,(H2,43,56)(H,44,47)(H,46,60)(H,48,58)(H,49,54)(H,50,55)(H,51,59)(H,52,57)/t24-,28-,30-,31-,32-,33-,36-/m0/s1. The van der Waals surface area contributed by atoms with Crippen LogP contribution in [0.15, 0.2) is 43.0 Å². The lowest BCUT2D eigenvalue weighted by Crippen LogP contribution is -2.58. The number of primary amides is 1. The molecule has 0 unspecified atom stereocenters. The lowest BCUT2D eigenvalue weighted by molar-refractivity contribution is -0.134. The van der Waals surface area contributed by atoms with Gasteiger partial charge in [-0.1, -0.05) is 59.7 Å². The Bertz CT molecular complexity index is 1910. The predicted octanol–water partition coefficient (Wildman–Crippen LogP) is -0.452. The van der Waals surface area contributed by atoms with Crippen LogP contribution in [-0.4, -0.2) is 110 Å². The summed E-state index contributed by atoms with van der Waals surface area (Å²) >= 11 is 0. The van der Waals surface area contributed by atoms with Crippen molar-refractivity contribution in [1.29, 1.82) is 0 Å². The number of para-hydroxylation sites is 1. The molecule has 0 spiro atoms. The van der Waals surface area contributed by atoms with Crippen LogP contribution in [0.1, 0.15) is 79.0 Å². The first-order chi connectivity index (χ1) is 28.2. The average Bonchev–Trinajstić information content (AvgIpc) is 3.84. The molecular weight excluding hydrogens is 775 g/mol. The van der Waals surface area contributed by atoms with Crippen molar-refractivity contribution < 1.29 is 38.7 Å². The van der Waals surface area contributed by atoms with Crippen LogP contribution in [0.4, 0.5) is 0 Å². The molecule has 19 heteroatoms. The zero-order valence-corrected chi connectivity index (χ0v) is 35.5. The van der Waals surface area contributed by atoms with E-state index in [4.69, 9.17) is 11.5 Å². The fourth-order valence-corrected chi connectivity index (χ4v) is 6.58. The maximum atomic E-state index is 13.7. The largest absolute Gasteiger partial charge is 0.390 e. The van der Waals surface area contributed by atoms with Gasteiger partial charge >= 0.3 is 0 Å². The Balaban J connectivity index is 1.60. The molecule has 2 heterocycles. The highest BCUT2D eigenvalue weighted by atomic mass is 16.3. The quantitative estimate of drug-likeness (QED) is 0.0552. The highest BCUT2D eigenvalue weighted by Crippen LogP contribution is 2.19. The molecule has 0 aliphatic heterocycles. The number of aromatic nitrogens is 3. The van der Waals surface area contributed by atoms with Gasteiger partial charge in [-0.05, 0) is 55.6 Å². The van der Waals surface area contributed by atoms with Crippen molar-refractivity contribution >= 4 is 52.3 Å². The first kappa shape index (κ1) is 48.5. The molecule has 60 heavy (non-hydrogen) atoms. The maximum absolute atomic E-state index is 13.7. The fraction of sp³-hybridized carbons (Fsp3) is 0.561. The molecule has 0 fully saturated rings. The summed E-state index contributed by atoms with van der Waals surface area (Å²) < 4.78 is 0. The van der Waals surface area contributed by atoms with Gasteiger partial charge in [0.25, 0.3) is 0 Å². The second kappa shape index (κ2) is 23.1. The van der Waals surface area contributed by atoms with Crippen LogP contribution in [0.3, 0.4) is 0 Å². The summed E-state index contributed by atoms with van der Waals surface area (Å²) in [5.74, 6) is -5.00. The smallest absolute Gasteiger partial charge is 0.243 e. The lowest BCUT2D eigenvalue weighted by atomic mass is 9.96. The number of nitrogens with zero attached hydrogens (tertiary/aromatic N) is 1. The van der Waals surface area contributed by atoms with Crippen LogP contribution in [0.5, 0.6) is 0 Å². The number of aromatic amines is 2. The average molecular weight is 838 g/mol. The van der Waals surface area contributed by atoms with E-state index in [9.17, 15) is 38.7 Å². The first-order valence-electron chi connectivity index (χ1n) is 20.3. The number of carbonyl (C=O) groups excluding carboxylic acids is 7. The van der Waals surface area contributed by atoms with Gasteiger partial charge < -0.3 is 58.4 Å². The minimum atomic E-state index is -1.36. The highest BCUT2D eigenvalue weighted by Gasteiger charge is 2.32. The normalized spacial score (nSPS) is 15.0. The molecule has 0 bridgehead atoms. The summed E-state index contributed by atoms with van der Waals surface area (Å²) in [6.45, 7) is 11.8. The van der Waals surface area contributed by atoms with Gasteiger partial charge in [0.15, 0.2) is 0 Å². The van der Waals surface area contributed by atoms with Gasteiger partial charge in [0.1, 0.15) is 24.2 Å². The number of benzene rings is 1. The molecular formula is C41H63N11O8. The van der Waals surface area contributed by atoms with Crippen LogP contribution >= 0.6 is 0 Å².